The highest BCUT2D eigenvalue weighted by Gasteiger charge is 2.12. The SMILES string of the molecule is C=CC(Oc1ccccc1)SOSC(C=C)Oc1ccccc1. The quantitative estimate of drug-likeness (QED) is 0.322. The average Bonchev–Trinajstić information content (AvgIpc) is 2.61. The third kappa shape index (κ3) is 6.44. The van der Waals surface area contributed by atoms with Gasteiger partial charge in [0.2, 0.25) is 0 Å². The van der Waals surface area contributed by atoms with E-state index in [1.807, 2.05) is 60.7 Å². The van der Waals surface area contributed by atoms with Gasteiger partial charge in [0.1, 0.15) is 11.5 Å². The monoisotopic (exact) mass is 346 g/mol. The fourth-order valence-corrected chi connectivity index (χ4v) is 2.84. The van der Waals surface area contributed by atoms with E-state index in [2.05, 4.69) is 13.2 Å². The molecule has 0 aromatic heterocycles. The minimum absolute atomic E-state index is 0.313. The second kappa shape index (κ2) is 10.0. The van der Waals surface area contributed by atoms with E-state index in [0.717, 1.165) is 11.5 Å². The Hall–Kier alpha value is -1.82. The Labute approximate surface area is 145 Å². The van der Waals surface area contributed by atoms with Crippen LogP contribution in [0.5, 0.6) is 11.5 Å². The van der Waals surface area contributed by atoms with Gasteiger partial charge in [-0.2, -0.15) is 0 Å². The van der Waals surface area contributed by atoms with E-state index < -0.39 is 0 Å². The summed E-state index contributed by atoms with van der Waals surface area (Å²) in [7, 11) is 0. The zero-order valence-electron chi connectivity index (χ0n) is 12.5. The predicted molar refractivity (Wildman–Crippen MR) is 98.4 cm³/mol. The molecule has 23 heavy (non-hydrogen) atoms. The molecule has 120 valence electrons. The van der Waals surface area contributed by atoms with Crippen LogP contribution in [0, 0.1) is 0 Å². The topological polar surface area (TPSA) is 27.7 Å². The van der Waals surface area contributed by atoms with Crippen LogP contribution in [0.3, 0.4) is 0 Å². The molecule has 0 N–H and O–H groups in total. The van der Waals surface area contributed by atoms with E-state index in [0.29, 0.717) is 0 Å². The maximum absolute atomic E-state index is 5.74. The summed E-state index contributed by atoms with van der Waals surface area (Å²) in [6.45, 7) is 7.51. The molecule has 0 bridgehead atoms. The van der Waals surface area contributed by atoms with Crippen LogP contribution < -0.4 is 9.47 Å². The highest BCUT2D eigenvalue weighted by molar-refractivity contribution is 8.08. The highest BCUT2D eigenvalue weighted by atomic mass is 32.2. The molecule has 0 radical (unpaired) electrons. The van der Waals surface area contributed by atoms with Crippen LogP contribution in [-0.4, -0.2) is 10.9 Å². The van der Waals surface area contributed by atoms with Crippen LogP contribution in [-0.2, 0) is 3.63 Å². The van der Waals surface area contributed by atoms with Gasteiger partial charge in [-0.3, -0.25) is 0 Å². The molecule has 2 aromatic rings. The lowest BCUT2D eigenvalue weighted by Gasteiger charge is -2.16. The summed E-state index contributed by atoms with van der Waals surface area (Å²) in [6.07, 6.45) is 3.36. The van der Waals surface area contributed by atoms with Crippen LogP contribution in [0.15, 0.2) is 86.0 Å². The number of hydrogen-bond acceptors (Lipinski definition) is 5. The molecule has 2 atom stereocenters. The van der Waals surface area contributed by atoms with E-state index in [9.17, 15) is 0 Å². The van der Waals surface area contributed by atoms with Crippen molar-refractivity contribution in [2.45, 2.75) is 10.9 Å². The maximum Gasteiger partial charge on any atom is 0.188 e. The minimum Gasteiger partial charge on any atom is -0.473 e. The summed E-state index contributed by atoms with van der Waals surface area (Å²) in [6, 6.07) is 19.1. The first-order valence-electron chi connectivity index (χ1n) is 6.99. The second-order valence-corrected chi connectivity index (χ2v) is 6.19. The predicted octanol–water partition coefficient (Wildman–Crippen LogP) is 5.48. The van der Waals surface area contributed by atoms with Gasteiger partial charge in [0, 0.05) is 0 Å². The maximum atomic E-state index is 5.74. The first-order chi connectivity index (χ1) is 11.3. The molecule has 0 heterocycles. The third-order valence-electron chi connectivity index (χ3n) is 2.64. The molecule has 0 amide bonds. The van der Waals surface area contributed by atoms with Crippen molar-refractivity contribution in [3.8, 4) is 11.5 Å². The Morgan fingerprint density at radius 3 is 1.43 bits per heavy atom. The highest BCUT2D eigenvalue weighted by Crippen LogP contribution is 2.28. The molecule has 2 rings (SSSR count). The fourth-order valence-electron chi connectivity index (χ4n) is 1.58. The Balaban J connectivity index is 1.77. The van der Waals surface area contributed by atoms with Gasteiger partial charge in [0.15, 0.2) is 10.9 Å². The molecule has 2 aromatic carbocycles. The average molecular weight is 346 g/mol. The van der Waals surface area contributed by atoms with Crippen LogP contribution in [0.1, 0.15) is 0 Å². The zero-order valence-corrected chi connectivity index (χ0v) is 14.2. The lowest BCUT2D eigenvalue weighted by atomic mass is 10.3. The number of ether oxygens (including phenoxy) is 2. The molecule has 5 heteroatoms. The molecule has 0 spiro atoms. The van der Waals surface area contributed by atoms with Gasteiger partial charge in [-0.1, -0.05) is 49.6 Å². The minimum atomic E-state index is -0.313. The van der Waals surface area contributed by atoms with Gasteiger partial charge < -0.3 is 9.47 Å². The van der Waals surface area contributed by atoms with Crippen LogP contribution in [0.4, 0.5) is 0 Å². The van der Waals surface area contributed by atoms with Gasteiger partial charge in [0.05, 0.1) is 24.1 Å². The Bertz CT molecular complexity index is 536. The van der Waals surface area contributed by atoms with Crippen molar-refractivity contribution >= 4 is 24.1 Å². The van der Waals surface area contributed by atoms with E-state index in [-0.39, 0.29) is 10.9 Å². The molecule has 0 aliphatic heterocycles. The molecular formula is C18H18O3S2. The van der Waals surface area contributed by atoms with Gasteiger partial charge in [-0.15, -0.1) is 0 Å². The van der Waals surface area contributed by atoms with Gasteiger partial charge >= 0.3 is 0 Å². The smallest absolute Gasteiger partial charge is 0.188 e. The van der Waals surface area contributed by atoms with Crippen LogP contribution >= 0.6 is 24.1 Å². The molecule has 0 aliphatic rings. The van der Waals surface area contributed by atoms with Crippen LogP contribution in [0.2, 0.25) is 0 Å². The molecule has 3 nitrogen and oxygen atoms in total. The van der Waals surface area contributed by atoms with Gasteiger partial charge in [-0.05, 0) is 36.4 Å². The summed E-state index contributed by atoms with van der Waals surface area (Å²) in [4.78, 5) is 0. The third-order valence-corrected chi connectivity index (χ3v) is 4.23. The summed E-state index contributed by atoms with van der Waals surface area (Å²) >= 11 is 2.33. The summed E-state index contributed by atoms with van der Waals surface area (Å²) in [5, 5.41) is 0. The number of rotatable bonds is 10. The first-order valence-corrected chi connectivity index (χ1v) is 8.60. The Kier molecular flexibility index (Phi) is 7.66. The molecular weight excluding hydrogens is 328 g/mol. The summed E-state index contributed by atoms with van der Waals surface area (Å²) in [5.41, 5.74) is -0.626. The Morgan fingerprint density at radius 1 is 0.696 bits per heavy atom. The summed E-state index contributed by atoms with van der Waals surface area (Å²) in [5.74, 6) is 1.53. The number of para-hydroxylation sites is 2. The van der Waals surface area contributed by atoms with Crippen LogP contribution in [0.25, 0.3) is 0 Å². The number of benzene rings is 2. The van der Waals surface area contributed by atoms with Gasteiger partial charge in [0.25, 0.3) is 0 Å². The Morgan fingerprint density at radius 2 is 1.09 bits per heavy atom. The second-order valence-electron chi connectivity index (χ2n) is 4.33. The standard InChI is InChI=1S/C18H18O3S2/c1-3-17(19-15-11-7-5-8-12-15)22-21-23-18(4-2)20-16-13-9-6-10-14-16/h3-14,17-18H,1-2H2. The van der Waals surface area contributed by atoms with Crippen molar-refractivity contribution < 1.29 is 13.1 Å². The van der Waals surface area contributed by atoms with Crippen molar-refractivity contribution in [2.75, 3.05) is 0 Å². The van der Waals surface area contributed by atoms with Crippen molar-refractivity contribution in [3.05, 3.63) is 86.0 Å². The van der Waals surface area contributed by atoms with E-state index >= 15 is 0 Å². The normalized spacial score (nSPS) is 12.9. The largest absolute Gasteiger partial charge is 0.473 e. The van der Waals surface area contributed by atoms with E-state index in [1.165, 1.54) is 24.1 Å². The first kappa shape index (κ1) is 17.5. The van der Waals surface area contributed by atoms with Crippen molar-refractivity contribution in [1.82, 2.24) is 0 Å². The zero-order chi connectivity index (χ0) is 16.3. The number of hydrogen-bond donors (Lipinski definition) is 0. The lowest BCUT2D eigenvalue weighted by molar-refractivity contribution is 0.320. The molecule has 2 unspecified atom stereocenters. The molecule has 0 aliphatic carbocycles. The van der Waals surface area contributed by atoms with Crippen molar-refractivity contribution in [3.63, 3.8) is 0 Å². The van der Waals surface area contributed by atoms with E-state index in [4.69, 9.17) is 13.1 Å². The lowest BCUT2D eigenvalue weighted by Crippen LogP contribution is -2.11. The summed E-state index contributed by atoms with van der Waals surface area (Å²) < 4.78 is 17.0. The fraction of sp³-hybridized carbons (Fsp3) is 0.111. The molecule has 0 saturated heterocycles. The van der Waals surface area contributed by atoms with Gasteiger partial charge in [-0.25, -0.2) is 3.63 Å². The molecule has 0 fully saturated rings. The van der Waals surface area contributed by atoms with Crippen molar-refractivity contribution in [2.24, 2.45) is 0 Å². The molecule has 0 saturated carbocycles. The van der Waals surface area contributed by atoms with E-state index in [1.54, 1.807) is 12.2 Å². The van der Waals surface area contributed by atoms with Crippen molar-refractivity contribution in [1.29, 1.82) is 0 Å².